The molecule has 0 saturated carbocycles. The number of anilines is 2. The molecule has 0 N–H and O–H groups in total. The fourth-order valence-electron chi connectivity index (χ4n) is 8.23. The Bertz CT molecular complexity index is 2490. The Kier molecular flexibility index (Phi) is 7.36. The molecule has 0 atom stereocenters. The summed E-state index contributed by atoms with van der Waals surface area (Å²) >= 11 is 0. The lowest BCUT2D eigenvalue weighted by molar-refractivity contribution is 0.464. The van der Waals surface area contributed by atoms with Gasteiger partial charge in [0.1, 0.15) is 34.4 Å². The van der Waals surface area contributed by atoms with Crippen molar-refractivity contribution < 1.29 is 9.47 Å². The zero-order valence-electron chi connectivity index (χ0n) is 29.8. The maximum Gasteiger partial charge on any atom is 0.260 e. The van der Waals surface area contributed by atoms with Gasteiger partial charge in [0, 0.05) is 53.4 Å². The predicted molar refractivity (Wildman–Crippen MR) is 221 cm³/mol. The van der Waals surface area contributed by atoms with E-state index in [1.54, 1.807) is 0 Å². The SMILES string of the molecule is c1ccc(N2CCN=C2c2ccc(-c3ccc4c(c3)Oc3cccc5c3B4c3ccc(-c4ccc(C6=NCCN6c6ccccc6)nc4)cc3O5)cn2)cc1. The van der Waals surface area contributed by atoms with Crippen molar-refractivity contribution in [3.8, 4) is 45.3 Å². The van der Waals surface area contributed by atoms with E-state index in [1.807, 2.05) is 42.7 Å². The normalized spacial score (nSPS) is 15.0. The monoisotopic (exact) mass is 712 g/mol. The van der Waals surface area contributed by atoms with Crippen LogP contribution in [0.1, 0.15) is 11.4 Å². The third-order valence-corrected chi connectivity index (χ3v) is 10.9. The van der Waals surface area contributed by atoms with Gasteiger partial charge < -0.3 is 19.3 Å². The average molecular weight is 713 g/mol. The average Bonchev–Trinajstić information content (AvgIpc) is 3.96. The van der Waals surface area contributed by atoms with Crippen LogP contribution in [0, 0.1) is 0 Å². The lowest BCUT2D eigenvalue weighted by Crippen LogP contribution is -2.57. The molecule has 9 heteroatoms. The van der Waals surface area contributed by atoms with E-state index in [4.69, 9.17) is 29.4 Å². The molecule has 6 heterocycles. The number of fused-ring (bicyclic) bond motifs is 4. The molecule has 0 radical (unpaired) electrons. The van der Waals surface area contributed by atoms with Crippen LogP contribution in [0.5, 0.6) is 23.0 Å². The van der Waals surface area contributed by atoms with Gasteiger partial charge in [-0.05, 0) is 82.7 Å². The fraction of sp³-hybridized carbons (Fsp3) is 0.0870. The molecule has 0 unspecified atom stereocenters. The number of para-hydroxylation sites is 2. The van der Waals surface area contributed by atoms with Crippen LogP contribution in [0.4, 0.5) is 11.4 Å². The van der Waals surface area contributed by atoms with Crippen molar-refractivity contribution >= 4 is 46.1 Å². The van der Waals surface area contributed by atoms with E-state index in [0.29, 0.717) is 0 Å². The number of rotatable bonds is 6. The molecule has 8 nitrogen and oxygen atoms in total. The molecular weight excluding hydrogens is 679 g/mol. The molecule has 4 aliphatic rings. The largest absolute Gasteiger partial charge is 0.458 e. The molecule has 0 saturated heterocycles. The number of hydrogen-bond acceptors (Lipinski definition) is 8. The summed E-state index contributed by atoms with van der Waals surface area (Å²) in [5.74, 6) is 5.11. The molecular formula is C46H33BN6O2. The molecule has 11 rings (SSSR count). The summed E-state index contributed by atoms with van der Waals surface area (Å²) in [5.41, 5.74) is 11.4. The van der Waals surface area contributed by atoms with E-state index >= 15 is 0 Å². The second kappa shape index (κ2) is 12.8. The van der Waals surface area contributed by atoms with Crippen LogP contribution in [0.2, 0.25) is 0 Å². The predicted octanol–water partition coefficient (Wildman–Crippen LogP) is 7.07. The summed E-state index contributed by atoms with van der Waals surface area (Å²) in [4.78, 5) is 23.8. The second-order valence-corrected chi connectivity index (χ2v) is 14.1. The van der Waals surface area contributed by atoms with Crippen molar-refractivity contribution in [3.63, 3.8) is 0 Å². The number of aromatic nitrogens is 2. The quantitative estimate of drug-likeness (QED) is 0.172. The third kappa shape index (κ3) is 5.38. The van der Waals surface area contributed by atoms with Crippen molar-refractivity contribution in [1.29, 1.82) is 0 Å². The van der Waals surface area contributed by atoms with Gasteiger partial charge in [0.15, 0.2) is 11.7 Å². The maximum absolute atomic E-state index is 6.60. The Labute approximate surface area is 319 Å². The molecule has 2 aromatic heterocycles. The minimum absolute atomic E-state index is 0.0310. The Morgan fingerprint density at radius 1 is 0.455 bits per heavy atom. The molecule has 0 bridgehead atoms. The zero-order chi connectivity index (χ0) is 36.3. The van der Waals surface area contributed by atoms with E-state index in [0.717, 1.165) is 122 Å². The number of pyridine rings is 2. The van der Waals surface area contributed by atoms with E-state index in [9.17, 15) is 0 Å². The van der Waals surface area contributed by atoms with Crippen LogP contribution in [-0.2, 0) is 0 Å². The topological polar surface area (TPSA) is 75.4 Å². The standard InChI is InChI=1S/C46H33BN6O2/c1-3-8-34(9-4-1)52-24-22-48-45(52)38-20-16-32(28-50-38)30-14-18-36-42(26-30)54-40-12-7-13-41-44(40)47(36)37-19-15-31(27-43(37)55-41)33-17-21-39(51-29-33)46-49-23-25-53(46)35-10-5-2-6-11-35/h1-21,26-29H,22-25H2. The Morgan fingerprint density at radius 3 is 1.38 bits per heavy atom. The summed E-state index contributed by atoms with van der Waals surface area (Å²) in [6.45, 7) is 3.17. The number of amidine groups is 2. The third-order valence-electron chi connectivity index (χ3n) is 10.9. The van der Waals surface area contributed by atoms with E-state index in [-0.39, 0.29) is 6.71 Å². The summed E-state index contributed by atoms with van der Waals surface area (Å²) in [5, 5.41) is 0. The van der Waals surface area contributed by atoms with Crippen LogP contribution >= 0.6 is 0 Å². The summed E-state index contributed by atoms with van der Waals surface area (Å²) in [7, 11) is 0. The van der Waals surface area contributed by atoms with Gasteiger partial charge >= 0.3 is 0 Å². The van der Waals surface area contributed by atoms with Gasteiger partial charge in [0.2, 0.25) is 0 Å². The summed E-state index contributed by atoms with van der Waals surface area (Å²) < 4.78 is 13.2. The minimum Gasteiger partial charge on any atom is -0.458 e. The van der Waals surface area contributed by atoms with Crippen molar-refractivity contribution in [2.75, 3.05) is 36.0 Å². The first-order valence-electron chi connectivity index (χ1n) is 18.7. The number of ether oxygens (including phenoxy) is 2. The van der Waals surface area contributed by atoms with Crippen LogP contribution in [0.3, 0.4) is 0 Å². The van der Waals surface area contributed by atoms with Gasteiger partial charge in [-0.15, -0.1) is 0 Å². The van der Waals surface area contributed by atoms with Gasteiger partial charge in [-0.25, -0.2) is 0 Å². The first kappa shape index (κ1) is 31.5. The number of aliphatic imine (C=N–C) groups is 2. The fourth-order valence-corrected chi connectivity index (χ4v) is 8.23. The molecule has 7 aromatic rings. The smallest absolute Gasteiger partial charge is 0.260 e. The first-order chi connectivity index (χ1) is 27.2. The van der Waals surface area contributed by atoms with E-state index in [1.165, 1.54) is 0 Å². The van der Waals surface area contributed by atoms with Crippen LogP contribution < -0.4 is 35.7 Å². The Morgan fingerprint density at radius 2 is 0.927 bits per heavy atom. The Balaban J connectivity index is 0.885. The Hall–Kier alpha value is -7.00. The zero-order valence-corrected chi connectivity index (χ0v) is 29.8. The molecule has 262 valence electrons. The van der Waals surface area contributed by atoms with Gasteiger partial charge in [-0.3, -0.25) is 20.0 Å². The van der Waals surface area contributed by atoms with Crippen LogP contribution in [0.15, 0.2) is 162 Å². The van der Waals surface area contributed by atoms with Gasteiger partial charge in [-0.2, -0.15) is 0 Å². The van der Waals surface area contributed by atoms with Gasteiger partial charge in [-0.1, -0.05) is 78.9 Å². The molecule has 4 aliphatic heterocycles. The molecule has 0 fully saturated rings. The highest BCUT2D eigenvalue weighted by molar-refractivity contribution is 6.98. The van der Waals surface area contributed by atoms with Gasteiger partial charge in [0.25, 0.3) is 6.71 Å². The van der Waals surface area contributed by atoms with Crippen molar-refractivity contribution in [2.45, 2.75) is 0 Å². The molecule has 0 spiro atoms. The van der Waals surface area contributed by atoms with E-state index < -0.39 is 0 Å². The highest BCUT2D eigenvalue weighted by Crippen LogP contribution is 2.37. The summed E-state index contributed by atoms with van der Waals surface area (Å²) in [6.07, 6.45) is 3.87. The first-order valence-corrected chi connectivity index (χ1v) is 18.7. The highest BCUT2D eigenvalue weighted by atomic mass is 16.5. The number of benzene rings is 5. The molecule has 55 heavy (non-hydrogen) atoms. The van der Waals surface area contributed by atoms with Crippen molar-refractivity contribution in [3.05, 3.63) is 163 Å². The molecule has 5 aromatic carbocycles. The molecule has 0 amide bonds. The minimum atomic E-state index is -0.0310. The maximum atomic E-state index is 6.60. The van der Waals surface area contributed by atoms with Gasteiger partial charge in [0.05, 0.1) is 13.1 Å². The molecule has 0 aliphatic carbocycles. The highest BCUT2D eigenvalue weighted by Gasteiger charge is 2.40. The van der Waals surface area contributed by atoms with Crippen molar-refractivity contribution in [2.24, 2.45) is 9.98 Å². The summed E-state index contributed by atoms with van der Waals surface area (Å²) in [6, 6.07) is 48.1. The number of hydrogen-bond donors (Lipinski definition) is 0. The lowest BCUT2D eigenvalue weighted by atomic mass is 9.35. The number of nitrogens with zero attached hydrogens (tertiary/aromatic N) is 6. The van der Waals surface area contributed by atoms with Crippen LogP contribution in [-0.4, -0.2) is 54.5 Å². The van der Waals surface area contributed by atoms with E-state index in [2.05, 4.69) is 119 Å². The van der Waals surface area contributed by atoms with Crippen molar-refractivity contribution in [1.82, 2.24) is 9.97 Å². The second-order valence-electron chi connectivity index (χ2n) is 14.1. The lowest BCUT2D eigenvalue weighted by Gasteiger charge is -2.33. The van der Waals surface area contributed by atoms with Crippen LogP contribution in [0.25, 0.3) is 22.3 Å².